The summed E-state index contributed by atoms with van der Waals surface area (Å²) in [6.07, 6.45) is 2.54. The van der Waals surface area contributed by atoms with Gasteiger partial charge in [-0.2, -0.15) is 10.1 Å². The second kappa shape index (κ2) is 6.59. The first-order chi connectivity index (χ1) is 12.7. The SMILES string of the molecule is CCc1noc([C@H](C)n2cnc(-c3ccccc3)c2-c2cc(C)[nH]n2)n1. The van der Waals surface area contributed by atoms with E-state index >= 15 is 0 Å². The van der Waals surface area contributed by atoms with Crippen molar-refractivity contribution >= 4 is 0 Å². The molecule has 1 atom stereocenters. The summed E-state index contributed by atoms with van der Waals surface area (Å²) in [6.45, 7) is 6.00. The Kier molecular flexibility index (Phi) is 4.12. The van der Waals surface area contributed by atoms with Crippen LogP contribution in [0.15, 0.2) is 47.2 Å². The van der Waals surface area contributed by atoms with E-state index in [0.29, 0.717) is 11.7 Å². The topological polar surface area (TPSA) is 85.4 Å². The quantitative estimate of drug-likeness (QED) is 0.593. The van der Waals surface area contributed by atoms with Gasteiger partial charge in [0.2, 0.25) is 5.89 Å². The molecule has 0 saturated heterocycles. The summed E-state index contributed by atoms with van der Waals surface area (Å²) in [7, 11) is 0. The largest absolute Gasteiger partial charge is 0.337 e. The van der Waals surface area contributed by atoms with Crippen LogP contribution in [0.3, 0.4) is 0 Å². The molecule has 7 heteroatoms. The van der Waals surface area contributed by atoms with Crippen molar-refractivity contribution in [1.82, 2.24) is 29.9 Å². The standard InChI is InChI=1S/C19H20N6O/c1-4-16-21-19(26-24-16)13(3)25-11-20-17(14-8-6-5-7-9-14)18(25)15-10-12(2)22-23-15/h5-11,13H,4H2,1-3H3,(H,22,23)/t13-/m0/s1. The molecule has 0 unspecified atom stereocenters. The number of aromatic amines is 1. The lowest BCUT2D eigenvalue weighted by molar-refractivity contribution is 0.343. The van der Waals surface area contributed by atoms with Crippen LogP contribution in [-0.4, -0.2) is 29.9 Å². The maximum absolute atomic E-state index is 5.44. The third kappa shape index (κ3) is 2.81. The van der Waals surface area contributed by atoms with Gasteiger partial charge in [-0.15, -0.1) is 0 Å². The number of nitrogens with one attached hydrogen (secondary N) is 1. The molecule has 1 aromatic carbocycles. The fourth-order valence-corrected chi connectivity index (χ4v) is 2.95. The summed E-state index contributed by atoms with van der Waals surface area (Å²) >= 11 is 0. The van der Waals surface area contributed by atoms with Crippen LogP contribution in [0.4, 0.5) is 0 Å². The van der Waals surface area contributed by atoms with Crippen LogP contribution in [0.25, 0.3) is 22.6 Å². The summed E-state index contributed by atoms with van der Waals surface area (Å²) in [4.78, 5) is 9.14. The lowest BCUT2D eigenvalue weighted by atomic mass is 10.1. The van der Waals surface area contributed by atoms with Crippen molar-refractivity contribution in [2.45, 2.75) is 33.2 Å². The van der Waals surface area contributed by atoms with Gasteiger partial charge < -0.3 is 9.09 Å². The van der Waals surface area contributed by atoms with Crippen LogP contribution in [-0.2, 0) is 6.42 Å². The highest BCUT2D eigenvalue weighted by atomic mass is 16.5. The maximum atomic E-state index is 5.44. The van der Waals surface area contributed by atoms with Crippen LogP contribution in [0, 0.1) is 6.92 Å². The fraction of sp³-hybridized carbons (Fsp3) is 0.263. The molecule has 132 valence electrons. The molecule has 0 radical (unpaired) electrons. The zero-order valence-electron chi connectivity index (χ0n) is 15.0. The lowest BCUT2D eigenvalue weighted by Crippen LogP contribution is -2.08. The molecule has 26 heavy (non-hydrogen) atoms. The van der Waals surface area contributed by atoms with Crippen molar-refractivity contribution in [3.8, 4) is 22.6 Å². The number of nitrogens with zero attached hydrogens (tertiary/aromatic N) is 5. The zero-order valence-corrected chi connectivity index (χ0v) is 15.0. The highest BCUT2D eigenvalue weighted by molar-refractivity contribution is 5.77. The Balaban J connectivity index is 1.86. The molecule has 1 N–H and O–H groups in total. The maximum Gasteiger partial charge on any atom is 0.249 e. The van der Waals surface area contributed by atoms with Crippen LogP contribution < -0.4 is 0 Å². The van der Waals surface area contributed by atoms with Gasteiger partial charge in [-0.1, -0.05) is 42.4 Å². The van der Waals surface area contributed by atoms with Gasteiger partial charge in [0.05, 0.1) is 17.7 Å². The van der Waals surface area contributed by atoms with Gasteiger partial charge in [0.1, 0.15) is 11.7 Å². The molecule has 0 spiro atoms. The summed E-state index contributed by atoms with van der Waals surface area (Å²) in [5, 5.41) is 11.5. The number of imidazole rings is 1. The summed E-state index contributed by atoms with van der Waals surface area (Å²) in [5.74, 6) is 1.26. The van der Waals surface area contributed by atoms with Crippen LogP contribution >= 0.6 is 0 Å². The molecule has 3 heterocycles. The molecule has 4 aromatic rings. The zero-order chi connectivity index (χ0) is 18.1. The van der Waals surface area contributed by atoms with Gasteiger partial charge >= 0.3 is 0 Å². The van der Waals surface area contributed by atoms with Gasteiger partial charge in [0.25, 0.3) is 0 Å². The number of hydrogen-bond acceptors (Lipinski definition) is 5. The molecular weight excluding hydrogens is 328 g/mol. The van der Waals surface area contributed by atoms with Gasteiger partial charge in [-0.05, 0) is 19.9 Å². The molecule has 0 amide bonds. The molecule has 0 aliphatic rings. The number of H-pyrrole nitrogens is 1. The summed E-state index contributed by atoms with van der Waals surface area (Å²) in [6, 6.07) is 11.9. The normalized spacial score (nSPS) is 12.4. The molecule has 4 rings (SSSR count). The molecule has 0 bridgehead atoms. The highest BCUT2D eigenvalue weighted by Crippen LogP contribution is 2.33. The predicted octanol–water partition coefficient (Wildman–Crippen LogP) is 3.80. The molecule has 0 fully saturated rings. The van der Waals surface area contributed by atoms with E-state index in [1.165, 1.54) is 0 Å². The Morgan fingerprint density at radius 3 is 2.69 bits per heavy atom. The van der Waals surface area contributed by atoms with Crippen LogP contribution in [0.5, 0.6) is 0 Å². The van der Waals surface area contributed by atoms with E-state index in [2.05, 4.69) is 25.3 Å². The van der Waals surface area contributed by atoms with Crippen molar-refractivity contribution in [2.75, 3.05) is 0 Å². The molecule has 3 aromatic heterocycles. The van der Waals surface area contributed by atoms with Gasteiger partial charge in [0.15, 0.2) is 5.82 Å². The minimum Gasteiger partial charge on any atom is -0.337 e. The number of hydrogen-bond donors (Lipinski definition) is 1. The average Bonchev–Trinajstić information content (AvgIpc) is 3.40. The minimum atomic E-state index is -0.153. The third-order valence-corrected chi connectivity index (χ3v) is 4.36. The molecular formula is C19H20N6O. The number of benzene rings is 1. The molecule has 0 aliphatic carbocycles. The van der Waals surface area contributed by atoms with Gasteiger partial charge in [-0.3, -0.25) is 5.10 Å². The summed E-state index contributed by atoms with van der Waals surface area (Å²) < 4.78 is 7.48. The van der Waals surface area contributed by atoms with Crippen LogP contribution in [0.2, 0.25) is 0 Å². The van der Waals surface area contributed by atoms with Crippen molar-refractivity contribution in [3.05, 3.63) is 60.1 Å². The van der Waals surface area contributed by atoms with Gasteiger partial charge in [-0.25, -0.2) is 4.98 Å². The fourth-order valence-electron chi connectivity index (χ4n) is 2.95. The van der Waals surface area contributed by atoms with Crippen molar-refractivity contribution in [2.24, 2.45) is 0 Å². The Bertz CT molecular complexity index is 1010. The molecule has 0 aliphatic heterocycles. The molecule has 7 nitrogen and oxygen atoms in total. The highest BCUT2D eigenvalue weighted by Gasteiger charge is 2.24. The first-order valence-electron chi connectivity index (χ1n) is 8.64. The van der Waals surface area contributed by atoms with E-state index in [4.69, 9.17) is 4.52 Å². The van der Waals surface area contributed by atoms with Gasteiger partial charge in [0, 0.05) is 17.7 Å². The van der Waals surface area contributed by atoms with E-state index in [9.17, 15) is 0 Å². The average molecular weight is 348 g/mol. The Labute approximate surface area is 151 Å². The van der Waals surface area contributed by atoms with Crippen LogP contribution in [0.1, 0.15) is 37.3 Å². The smallest absolute Gasteiger partial charge is 0.249 e. The lowest BCUT2D eigenvalue weighted by Gasteiger charge is -2.13. The van der Waals surface area contributed by atoms with Crippen molar-refractivity contribution in [1.29, 1.82) is 0 Å². The Morgan fingerprint density at radius 2 is 2.04 bits per heavy atom. The monoisotopic (exact) mass is 348 g/mol. The first-order valence-corrected chi connectivity index (χ1v) is 8.64. The number of aryl methyl sites for hydroxylation is 2. The Morgan fingerprint density at radius 1 is 1.23 bits per heavy atom. The number of aromatic nitrogens is 6. The summed E-state index contributed by atoms with van der Waals surface area (Å²) in [5.41, 5.74) is 4.66. The second-order valence-corrected chi connectivity index (χ2v) is 6.23. The van der Waals surface area contributed by atoms with E-state index < -0.39 is 0 Å². The Hall–Kier alpha value is -3.22. The number of rotatable bonds is 5. The second-order valence-electron chi connectivity index (χ2n) is 6.23. The molecule has 0 saturated carbocycles. The predicted molar refractivity (Wildman–Crippen MR) is 97.5 cm³/mol. The van der Waals surface area contributed by atoms with E-state index in [1.807, 2.05) is 68.1 Å². The van der Waals surface area contributed by atoms with Crippen molar-refractivity contribution in [3.63, 3.8) is 0 Å². The van der Waals surface area contributed by atoms with E-state index in [-0.39, 0.29) is 6.04 Å². The van der Waals surface area contributed by atoms with Crippen molar-refractivity contribution < 1.29 is 4.52 Å². The van der Waals surface area contributed by atoms with E-state index in [0.717, 1.165) is 34.8 Å². The minimum absolute atomic E-state index is 0.153. The third-order valence-electron chi connectivity index (χ3n) is 4.36. The van der Waals surface area contributed by atoms with E-state index in [1.54, 1.807) is 0 Å². The first kappa shape index (κ1) is 16.3.